The van der Waals surface area contributed by atoms with E-state index in [9.17, 15) is 0 Å². The molecule has 0 bridgehead atoms. The molecule has 0 radical (unpaired) electrons. The Balaban J connectivity index is 1.94. The van der Waals surface area contributed by atoms with Crippen molar-refractivity contribution >= 4 is 0 Å². The van der Waals surface area contributed by atoms with Crippen LogP contribution in [0.4, 0.5) is 0 Å². The van der Waals surface area contributed by atoms with Crippen LogP contribution in [0, 0.1) is 0 Å². The second-order valence-corrected chi connectivity index (χ2v) is 5.86. The van der Waals surface area contributed by atoms with Crippen LogP contribution in [0.15, 0.2) is 24.3 Å². The summed E-state index contributed by atoms with van der Waals surface area (Å²) in [6, 6.07) is 8.36. The lowest BCUT2D eigenvalue weighted by atomic mass is 10.1. The summed E-state index contributed by atoms with van der Waals surface area (Å²) in [5, 5.41) is 8.54. The van der Waals surface area contributed by atoms with Crippen LogP contribution in [0.2, 0.25) is 0 Å². The van der Waals surface area contributed by atoms with Gasteiger partial charge in [0.25, 0.3) is 0 Å². The van der Waals surface area contributed by atoms with E-state index >= 15 is 0 Å². The van der Waals surface area contributed by atoms with Crippen LogP contribution in [0.3, 0.4) is 0 Å². The fourth-order valence-electron chi connectivity index (χ4n) is 2.33. The first-order valence-corrected chi connectivity index (χ1v) is 9.42. The largest absolute Gasteiger partial charge is 0.491 e. The van der Waals surface area contributed by atoms with E-state index in [0.29, 0.717) is 46.2 Å². The zero-order valence-electron chi connectivity index (χ0n) is 15.6. The molecule has 0 spiro atoms. The first kappa shape index (κ1) is 21.9. The van der Waals surface area contributed by atoms with Crippen LogP contribution in [0.1, 0.15) is 38.2 Å². The number of ether oxygens (including phenoxy) is 4. The lowest BCUT2D eigenvalue weighted by Gasteiger charge is -2.09. The maximum absolute atomic E-state index is 8.54. The summed E-state index contributed by atoms with van der Waals surface area (Å²) in [5.41, 5.74) is 1.37. The molecule has 0 aliphatic rings. The number of aryl methyl sites for hydroxylation is 1. The number of aliphatic hydroxyl groups excluding tert-OH is 1. The Hall–Kier alpha value is -1.14. The van der Waals surface area contributed by atoms with Crippen LogP contribution >= 0.6 is 0 Å². The monoisotopic (exact) mass is 354 g/mol. The number of rotatable bonds is 17. The maximum Gasteiger partial charge on any atom is 0.119 e. The van der Waals surface area contributed by atoms with E-state index in [-0.39, 0.29) is 6.61 Å². The quantitative estimate of drug-likeness (QED) is 0.435. The first-order valence-electron chi connectivity index (χ1n) is 9.42. The highest BCUT2D eigenvalue weighted by molar-refractivity contribution is 5.27. The SMILES string of the molecule is CCCCCCc1ccc(OCCOCCOCCOCCO)cc1. The van der Waals surface area contributed by atoms with Crippen molar-refractivity contribution in [1.29, 1.82) is 0 Å². The Morgan fingerprint density at radius 3 is 1.92 bits per heavy atom. The highest BCUT2D eigenvalue weighted by Gasteiger charge is 1.97. The molecule has 25 heavy (non-hydrogen) atoms. The van der Waals surface area contributed by atoms with E-state index in [1.807, 2.05) is 12.1 Å². The molecule has 0 heterocycles. The van der Waals surface area contributed by atoms with E-state index < -0.39 is 0 Å². The molecule has 0 saturated heterocycles. The van der Waals surface area contributed by atoms with Gasteiger partial charge in [-0.05, 0) is 30.5 Å². The highest BCUT2D eigenvalue weighted by Crippen LogP contribution is 2.14. The average molecular weight is 354 g/mol. The molecular formula is C20H34O5. The van der Waals surface area contributed by atoms with Crippen LogP contribution in [0.5, 0.6) is 5.75 Å². The number of benzene rings is 1. The van der Waals surface area contributed by atoms with Crippen molar-refractivity contribution < 1.29 is 24.1 Å². The molecule has 5 heteroatoms. The van der Waals surface area contributed by atoms with Crippen LogP contribution in [-0.2, 0) is 20.6 Å². The van der Waals surface area contributed by atoms with E-state index in [1.165, 1.54) is 31.2 Å². The second-order valence-electron chi connectivity index (χ2n) is 5.86. The third-order valence-corrected chi connectivity index (χ3v) is 3.72. The molecule has 0 aliphatic carbocycles. The molecule has 0 aliphatic heterocycles. The normalized spacial score (nSPS) is 11.0. The summed E-state index contributed by atoms with van der Waals surface area (Å²) in [5.74, 6) is 0.887. The lowest BCUT2D eigenvalue weighted by molar-refractivity contribution is 0.00361. The first-order chi connectivity index (χ1) is 12.4. The van der Waals surface area contributed by atoms with Crippen molar-refractivity contribution in [2.45, 2.75) is 39.0 Å². The van der Waals surface area contributed by atoms with Gasteiger partial charge in [-0.15, -0.1) is 0 Å². The minimum atomic E-state index is 0.0464. The van der Waals surface area contributed by atoms with Gasteiger partial charge in [-0.1, -0.05) is 38.3 Å². The van der Waals surface area contributed by atoms with Crippen molar-refractivity contribution in [2.24, 2.45) is 0 Å². The van der Waals surface area contributed by atoms with Gasteiger partial charge in [-0.25, -0.2) is 0 Å². The highest BCUT2D eigenvalue weighted by atomic mass is 16.6. The van der Waals surface area contributed by atoms with Crippen molar-refractivity contribution in [3.63, 3.8) is 0 Å². The van der Waals surface area contributed by atoms with E-state index in [2.05, 4.69) is 19.1 Å². The molecule has 0 saturated carbocycles. The van der Waals surface area contributed by atoms with Gasteiger partial charge in [0, 0.05) is 0 Å². The number of aliphatic hydroxyl groups is 1. The summed E-state index contributed by atoms with van der Waals surface area (Å²) in [6.07, 6.45) is 6.32. The van der Waals surface area contributed by atoms with Gasteiger partial charge in [0.2, 0.25) is 0 Å². The van der Waals surface area contributed by atoms with E-state index in [1.54, 1.807) is 0 Å². The zero-order chi connectivity index (χ0) is 18.0. The van der Waals surface area contributed by atoms with Gasteiger partial charge in [0.1, 0.15) is 12.4 Å². The summed E-state index contributed by atoms with van der Waals surface area (Å²) in [7, 11) is 0. The third kappa shape index (κ3) is 12.8. The van der Waals surface area contributed by atoms with Crippen molar-refractivity contribution in [2.75, 3.05) is 52.9 Å². The Bertz CT molecular complexity index is 394. The molecule has 0 unspecified atom stereocenters. The molecular weight excluding hydrogens is 320 g/mol. The average Bonchev–Trinajstić information content (AvgIpc) is 2.64. The van der Waals surface area contributed by atoms with Gasteiger partial charge in [-0.3, -0.25) is 0 Å². The smallest absolute Gasteiger partial charge is 0.119 e. The molecule has 144 valence electrons. The van der Waals surface area contributed by atoms with E-state index in [0.717, 1.165) is 12.2 Å². The van der Waals surface area contributed by atoms with Crippen LogP contribution in [-0.4, -0.2) is 58.0 Å². The Labute approximate surface area is 152 Å². The minimum Gasteiger partial charge on any atom is -0.491 e. The summed E-state index contributed by atoms with van der Waals surface area (Å²) >= 11 is 0. The van der Waals surface area contributed by atoms with E-state index in [4.69, 9.17) is 24.1 Å². The lowest BCUT2D eigenvalue weighted by Crippen LogP contribution is -2.13. The maximum atomic E-state index is 8.54. The van der Waals surface area contributed by atoms with Crippen molar-refractivity contribution in [3.05, 3.63) is 29.8 Å². The van der Waals surface area contributed by atoms with Crippen LogP contribution < -0.4 is 4.74 Å². The predicted molar refractivity (Wildman–Crippen MR) is 99.3 cm³/mol. The molecule has 1 aromatic carbocycles. The Morgan fingerprint density at radius 1 is 0.720 bits per heavy atom. The fourth-order valence-corrected chi connectivity index (χ4v) is 2.33. The van der Waals surface area contributed by atoms with Gasteiger partial charge < -0.3 is 24.1 Å². The van der Waals surface area contributed by atoms with Gasteiger partial charge in [0.15, 0.2) is 0 Å². The van der Waals surface area contributed by atoms with Gasteiger partial charge in [-0.2, -0.15) is 0 Å². The molecule has 0 atom stereocenters. The van der Waals surface area contributed by atoms with Crippen molar-refractivity contribution in [3.8, 4) is 5.75 Å². The molecule has 0 aromatic heterocycles. The predicted octanol–water partition coefficient (Wildman–Crippen LogP) is 3.23. The molecule has 0 amide bonds. The fraction of sp³-hybridized carbons (Fsp3) is 0.700. The second kappa shape index (κ2) is 16.3. The Morgan fingerprint density at radius 2 is 1.32 bits per heavy atom. The third-order valence-electron chi connectivity index (χ3n) is 3.72. The van der Waals surface area contributed by atoms with Crippen molar-refractivity contribution in [1.82, 2.24) is 0 Å². The molecule has 5 nitrogen and oxygen atoms in total. The zero-order valence-corrected chi connectivity index (χ0v) is 15.6. The molecule has 1 N–H and O–H groups in total. The molecule has 1 rings (SSSR count). The van der Waals surface area contributed by atoms with Gasteiger partial charge in [0.05, 0.1) is 46.2 Å². The summed E-state index contributed by atoms with van der Waals surface area (Å²) in [4.78, 5) is 0. The number of hydrogen-bond acceptors (Lipinski definition) is 5. The van der Waals surface area contributed by atoms with Crippen LogP contribution in [0.25, 0.3) is 0 Å². The Kier molecular flexibility index (Phi) is 14.3. The number of unbranched alkanes of at least 4 members (excludes halogenated alkanes) is 3. The summed E-state index contributed by atoms with van der Waals surface area (Å²) in [6.45, 7) is 5.82. The van der Waals surface area contributed by atoms with Gasteiger partial charge >= 0.3 is 0 Å². The molecule has 0 fully saturated rings. The summed E-state index contributed by atoms with van der Waals surface area (Å²) < 4.78 is 21.5. The topological polar surface area (TPSA) is 57.2 Å². The number of hydrogen-bond donors (Lipinski definition) is 1. The standard InChI is InChI=1S/C20H34O5/c1-2-3-4-5-6-19-7-9-20(10-8-19)25-18-17-24-16-15-23-14-13-22-12-11-21/h7-10,21H,2-6,11-18H2,1H3. The minimum absolute atomic E-state index is 0.0464. The molecule has 1 aromatic rings.